The van der Waals surface area contributed by atoms with E-state index in [1.807, 2.05) is 45.9 Å². The standard InChI is InChI=1S/C15H22BrN3O2S/c1-10-9-11(16)5-6-12(10)19-13(22)17-7-8-18-14(20)21-15(2,3)4/h5-6,9H,7-8H2,1-4H3,(H,18,20)(H2,17,19,22). The molecule has 7 heteroatoms. The summed E-state index contributed by atoms with van der Waals surface area (Å²) in [5.74, 6) is 0. The van der Waals surface area contributed by atoms with Gasteiger partial charge in [0.25, 0.3) is 0 Å². The van der Waals surface area contributed by atoms with E-state index in [1.54, 1.807) is 0 Å². The molecule has 0 aliphatic rings. The fourth-order valence-corrected chi connectivity index (χ4v) is 2.28. The van der Waals surface area contributed by atoms with Gasteiger partial charge in [-0.25, -0.2) is 4.79 Å². The number of carbonyl (C=O) groups excluding carboxylic acids is 1. The summed E-state index contributed by atoms with van der Waals surface area (Å²) < 4.78 is 6.16. The van der Waals surface area contributed by atoms with Gasteiger partial charge >= 0.3 is 6.09 Å². The minimum absolute atomic E-state index is 0.427. The topological polar surface area (TPSA) is 62.4 Å². The molecule has 0 radical (unpaired) electrons. The van der Waals surface area contributed by atoms with Gasteiger partial charge < -0.3 is 20.7 Å². The van der Waals surface area contributed by atoms with Crippen LogP contribution in [-0.4, -0.2) is 29.9 Å². The van der Waals surface area contributed by atoms with Crippen LogP contribution in [-0.2, 0) is 4.74 Å². The molecule has 0 saturated carbocycles. The van der Waals surface area contributed by atoms with Gasteiger partial charge in [0.2, 0.25) is 0 Å². The second-order valence-corrected chi connectivity index (χ2v) is 7.09. The smallest absolute Gasteiger partial charge is 0.407 e. The van der Waals surface area contributed by atoms with E-state index >= 15 is 0 Å². The lowest BCUT2D eigenvalue weighted by Crippen LogP contribution is -2.39. The first-order valence-electron chi connectivity index (χ1n) is 6.95. The van der Waals surface area contributed by atoms with Crippen molar-refractivity contribution in [3.8, 4) is 0 Å². The highest BCUT2D eigenvalue weighted by Crippen LogP contribution is 2.19. The maximum atomic E-state index is 11.5. The average Bonchev–Trinajstić information content (AvgIpc) is 2.36. The van der Waals surface area contributed by atoms with Crippen molar-refractivity contribution in [2.45, 2.75) is 33.3 Å². The summed E-state index contributed by atoms with van der Waals surface area (Å²) in [4.78, 5) is 11.5. The second kappa shape index (κ2) is 8.33. The predicted octanol–water partition coefficient (Wildman–Crippen LogP) is 3.57. The van der Waals surface area contributed by atoms with Gasteiger partial charge in [0.15, 0.2) is 5.11 Å². The fraction of sp³-hybridized carbons (Fsp3) is 0.467. The number of alkyl carbamates (subject to hydrolysis) is 1. The van der Waals surface area contributed by atoms with Gasteiger partial charge in [-0.2, -0.15) is 0 Å². The number of carbonyl (C=O) groups is 1. The van der Waals surface area contributed by atoms with E-state index in [4.69, 9.17) is 17.0 Å². The van der Waals surface area contributed by atoms with E-state index in [2.05, 4.69) is 31.9 Å². The zero-order valence-corrected chi connectivity index (χ0v) is 15.7. The Hall–Kier alpha value is -1.34. The van der Waals surface area contributed by atoms with Crippen LogP contribution >= 0.6 is 28.1 Å². The third kappa shape index (κ3) is 7.61. The Bertz CT molecular complexity index is 544. The normalized spacial score (nSPS) is 10.8. The van der Waals surface area contributed by atoms with E-state index in [-0.39, 0.29) is 0 Å². The summed E-state index contributed by atoms with van der Waals surface area (Å²) in [6.45, 7) is 8.41. The number of ether oxygens (including phenoxy) is 1. The SMILES string of the molecule is Cc1cc(Br)ccc1NC(=S)NCCNC(=O)OC(C)(C)C. The summed E-state index contributed by atoms with van der Waals surface area (Å²) in [6.07, 6.45) is -0.433. The molecule has 1 aromatic rings. The first kappa shape index (κ1) is 18.7. The summed E-state index contributed by atoms with van der Waals surface area (Å²) in [7, 11) is 0. The molecule has 1 rings (SSSR count). The first-order chi connectivity index (χ1) is 10.2. The molecule has 0 aliphatic heterocycles. The number of thiocarbonyl (C=S) groups is 1. The molecule has 0 aromatic heterocycles. The van der Waals surface area contributed by atoms with Gasteiger partial charge in [-0.3, -0.25) is 0 Å². The Kier molecular flexibility index (Phi) is 7.09. The van der Waals surface area contributed by atoms with Crippen LogP contribution in [0, 0.1) is 6.92 Å². The lowest BCUT2D eigenvalue weighted by Gasteiger charge is -2.19. The summed E-state index contributed by atoms with van der Waals surface area (Å²) >= 11 is 8.64. The number of anilines is 1. The molecule has 0 aliphatic carbocycles. The molecule has 0 heterocycles. The van der Waals surface area contributed by atoms with Crippen molar-refractivity contribution in [1.29, 1.82) is 0 Å². The third-order valence-corrected chi connectivity index (χ3v) is 3.26. The van der Waals surface area contributed by atoms with Crippen LogP contribution in [0.5, 0.6) is 0 Å². The zero-order valence-electron chi connectivity index (χ0n) is 13.2. The highest BCUT2D eigenvalue weighted by molar-refractivity contribution is 9.10. The van der Waals surface area contributed by atoms with Crippen LogP contribution < -0.4 is 16.0 Å². The molecule has 1 amide bonds. The van der Waals surface area contributed by atoms with Crippen molar-refractivity contribution in [3.05, 3.63) is 28.2 Å². The van der Waals surface area contributed by atoms with Gasteiger partial charge in [-0.15, -0.1) is 0 Å². The van der Waals surface area contributed by atoms with Crippen molar-refractivity contribution in [2.24, 2.45) is 0 Å². The predicted molar refractivity (Wildman–Crippen MR) is 97.3 cm³/mol. The minimum atomic E-state index is -0.493. The molecular weight excluding hydrogens is 366 g/mol. The number of hydrogen-bond donors (Lipinski definition) is 3. The Morgan fingerprint density at radius 2 is 1.91 bits per heavy atom. The van der Waals surface area contributed by atoms with Crippen molar-refractivity contribution in [2.75, 3.05) is 18.4 Å². The Balaban J connectivity index is 2.28. The number of amides is 1. The number of benzene rings is 1. The summed E-state index contributed by atoms with van der Waals surface area (Å²) in [6, 6.07) is 5.91. The number of rotatable bonds is 4. The second-order valence-electron chi connectivity index (χ2n) is 5.77. The molecule has 3 N–H and O–H groups in total. The number of halogens is 1. The van der Waals surface area contributed by atoms with Crippen molar-refractivity contribution in [1.82, 2.24) is 10.6 Å². The average molecular weight is 388 g/mol. The van der Waals surface area contributed by atoms with Gasteiger partial charge in [-0.05, 0) is 63.7 Å². The Morgan fingerprint density at radius 3 is 2.50 bits per heavy atom. The first-order valence-corrected chi connectivity index (χ1v) is 8.15. The molecule has 22 heavy (non-hydrogen) atoms. The van der Waals surface area contributed by atoms with Crippen LogP contribution in [0.2, 0.25) is 0 Å². The largest absolute Gasteiger partial charge is 0.444 e. The van der Waals surface area contributed by atoms with E-state index in [0.717, 1.165) is 15.7 Å². The van der Waals surface area contributed by atoms with Gasteiger partial charge in [0.05, 0.1) is 0 Å². The van der Waals surface area contributed by atoms with Crippen molar-refractivity contribution in [3.63, 3.8) is 0 Å². The Labute approximate surface area is 145 Å². The monoisotopic (exact) mass is 387 g/mol. The molecule has 0 fully saturated rings. The van der Waals surface area contributed by atoms with Crippen LogP contribution in [0.4, 0.5) is 10.5 Å². The molecular formula is C15H22BrN3O2S. The summed E-state index contributed by atoms with van der Waals surface area (Å²) in [5.41, 5.74) is 1.54. The lowest BCUT2D eigenvalue weighted by molar-refractivity contribution is 0.0529. The molecule has 0 spiro atoms. The third-order valence-electron chi connectivity index (χ3n) is 2.52. The zero-order chi connectivity index (χ0) is 16.8. The minimum Gasteiger partial charge on any atom is -0.444 e. The van der Waals surface area contributed by atoms with E-state index in [1.165, 1.54) is 0 Å². The highest BCUT2D eigenvalue weighted by Gasteiger charge is 2.15. The molecule has 0 saturated heterocycles. The molecule has 5 nitrogen and oxygen atoms in total. The quantitative estimate of drug-likeness (QED) is 0.544. The van der Waals surface area contributed by atoms with Crippen LogP contribution in [0.3, 0.4) is 0 Å². The lowest BCUT2D eigenvalue weighted by atomic mass is 10.2. The molecule has 0 bridgehead atoms. The Morgan fingerprint density at radius 1 is 1.27 bits per heavy atom. The highest BCUT2D eigenvalue weighted by atomic mass is 79.9. The maximum absolute atomic E-state index is 11.5. The maximum Gasteiger partial charge on any atom is 0.407 e. The van der Waals surface area contributed by atoms with Gasteiger partial charge in [0, 0.05) is 23.2 Å². The van der Waals surface area contributed by atoms with Crippen LogP contribution in [0.1, 0.15) is 26.3 Å². The molecule has 0 atom stereocenters. The van der Waals surface area contributed by atoms with Crippen LogP contribution in [0.15, 0.2) is 22.7 Å². The van der Waals surface area contributed by atoms with Gasteiger partial charge in [-0.1, -0.05) is 15.9 Å². The van der Waals surface area contributed by atoms with Crippen LogP contribution in [0.25, 0.3) is 0 Å². The van der Waals surface area contributed by atoms with E-state index in [9.17, 15) is 4.79 Å². The van der Waals surface area contributed by atoms with E-state index < -0.39 is 11.7 Å². The molecule has 1 aromatic carbocycles. The van der Waals surface area contributed by atoms with Crippen molar-refractivity contribution < 1.29 is 9.53 Å². The van der Waals surface area contributed by atoms with Crippen molar-refractivity contribution >= 4 is 45.0 Å². The number of nitrogens with one attached hydrogen (secondary N) is 3. The summed E-state index contributed by atoms with van der Waals surface area (Å²) in [5, 5.41) is 9.32. The number of aryl methyl sites for hydroxylation is 1. The molecule has 0 unspecified atom stereocenters. The molecule has 122 valence electrons. The van der Waals surface area contributed by atoms with E-state index in [0.29, 0.717) is 18.2 Å². The number of hydrogen-bond acceptors (Lipinski definition) is 3. The fourth-order valence-electron chi connectivity index (χ4n) is 1.59. The van der Waals surface area contributed by atoms with Gasteiger partial charge in [0.1, 0.15) is 5.60 Å².